The highest BCUT2D eigenvalue weighted by atomic mass is 35.5. The molecule has 62 valence electrons. The quantitative estimate of drug-likeness (QED) is 0.689. The maximum atomic E-state index is 5.42. The molecule has 11 heavy (non-hydrogen) atoms. The van der Waals surface area contributed by atoms with Crippen LogP contribution >= 0.6 is 12.4 Å². The molecule has 0 aliphatic heterocycles. The average molecular weight is 174 g/mol. The van der Waals surface area contributed by atoms with Crippen molar-refractivity contribution in [1.29, 1.82) is 0 Å². The van der Waals surface area contributed by atoms with Gasteiger partial charge < -0.3 is 5.73 Å². The van der Waals surface area contributed by atoms with E-state index in [2.05, 4.69) is 9.97 Å². The lowest BCUT2D eigenvalue weighted by molar-refractivity contribution is 0.930. The fraction of sp³-hybridized carbons (Fsp3) is 0.429. The Balaban J connectivity index is 0.000001000. The molecule has 0 bridgehead atoms. The third-order valence-corrected chi connectivity index (χ3v) is 1.42. The first kappa shape index (κ1) is 10.3. The van der Waals surface area contributed by atoms with Gasteiger partial charge in [0.15, 0.2) is 0 Å². The van der Waals surface area contributed by atoms with Gasteiger partial charge in [0.2, 0.25) is 0 Å². The molecule has 3 nitrogen and oxygen atoms in total. The van der Waals surface area contributed by atoms with Gasteiger partial charge in [0.05, 0.1) is 0 Å². The molecule has 0 saturated heterocycles. The predicted octanol–water partition coefficient (Wildman–Crippen LogP) is 0.974. The molecule has 0 amide bonds. The van der Waals surface area contributed by atoms with E-state index in [1.54, 1.807) is 6.20 Å². The number of aromatic nitrogens is 2. The first-order chi connectivity index (χ1) is 4.74. The van der Waals surface area contributed by atoms with Crippen molar-refractivity contribution in [2.24, 2.45) is 5.73 Å². The maximum Gasteiger partial charge on any atom is 0.125 e. The van der Waals surface area contributed by atoms with Crippen LogP contribution in [0.3, 0.4) is 0 Å². The number of nitrogens with zero attached hydrogens (tertiary/aromatic N) is 2. The molecule has 0 unspecified atom stereocenters. The maximum absolute atomic E-state index is 5.42. The van der Waals surface area contributed by atoms with Crippen LogP contribution in [0.2, 0.25) is 0 Å². The molecule has 0 spiro atoms. The predicted molar refractivity (Wildman–Crippen MR) is 46.6 cm³/mol. The van der Waals surface area contributed by atoms with Gasteiger partial charge in [-0.1, -0.05) is 0 Å². The van der Waals surface area contributed by atoms with E-state index < -0.39 is 0 Å². The van der Waals surface area contributed by atoms with Gasteiger partial charge in [-0.2, -0.15) is 0 Å². The van der Waals surface area contributed by atoms with Crippen LogP contribution < -0.4 is 5.73 Å². The van der Waals surface area contributed by atoms with Gasteiger partial charge in [-0.25, -0.2) is 9.97 Å². The van der Waals surface area contributed by atoms with Gasteiger partial charge >= 0.3 is 0 Å². The molecular formula is C7H12ClN3. The van der Waals surface area contributed by atoms with Crippen LogP contribution in [0, 0.1) is 13.8 Å². The highest BCUT2D eigenvalue weighted by Gasteiger charge is 1.96. The fourth-order valence-corrected chi connectivity index (χ4v) is 0.809. The number of nitrogens with two attached hydrogens (primary N) is 1. The summed E-state index contributed by atoms with van der Waals surface area (Å²) in [6.45, 7) is 4.33. The van der Waals surface area contributed by atoms with Crippen LogP contribution in [0.1, 0.15) is 17.1 Å². The molecule has 4 heteroatoms. The van der Waals surface area contributed by atoms with E-state index in [9.17, 15) is 0 Å². The molecule has 0 aliphatic rings. The second-order valence-electron chi connectivity index (χ2n) is 2.23. The van der Waals surface area contributed by atoms with Crippen LogP contribution in [-0.4, -0.2) is 9.97 Å². The van der Waals surface area contributed by atoms with Crippen molar-refractivity contribution in [2.45, 2.75) is 20.4 Å². The Morgan fingerprint density at radius 3 is 2.55 bits per heavy atom. The summed E-state index contributed by atoms with van der Waals surface area (Å²) < 4.78 is 0. The third kappa shape index (κ3) is 2.44. The van der Waals surface area contributed by atoms with Gasteiger partial charge in [-0.05, 0) is 13.8 Å². The summed E-state index contributed by atoms with van der Waals surface area (Å²) in [6.07, 6.45) is 1.78. The minimum atomic E-state index is 0. The lowest BCUT2D eigenvalue weighted by Crippen LogP contribution is -2.02. The highest BCUT2D eigenvalue weighted by Crippen LogP contribution is 2.00. The van der Waals surface area contributed by atoms with Crippen molar-refractivity contribution in [3.63, 3.8) is 0 Å². The third-order valence-electron chi connectivity index (χ3n) is 1.42. The van der Waals surface area contributed by atoms with Gasteiger partial charge in [0.25, 0.3) is 0 Å². The Bertz CT molecular complexity index is 237. The van der Waals surface area contributed by atoms with Gasteiger partial charge in [-0.3, -0.25) is 0 Å². The van der Waals surface area contributed by atoms with E-state index in [0.717, 1.165) is 17.1 Å². The summed E-state index contributed by atoms with van der Waals surface area (Å²) in [5, 5.41) is 0. The molecule has 0 saturated carbocycles. The molecule has 1 heterocycles. The minimum Gasteiger partial charge on any atom is -0.326 e. The summed E-state index contributed by atoms with van der Waals surface area (Å²) in [6, 6.07) is 0. The minimum absolute atomic E-state index is 0. The van der Waals surface area contributed by atoms with Crippen molar-refractivity contribution in [3.05, 3.63) is 23.3 Å². The Morgan fingerprint density at radius 1 is 1.45 bits per heavy atom. The molecule has 0 fully saturated rings. The van der Waals surface area contributed by atoms with Crippen LogP contribution in [0.25, 0.3) is 0 Å². The van der Waals surface area contributed by atoms with Gasteiger partial charge in [0.1, 0.15) is 5.82 Å². The monoisotopic (exact) mass is 173 g/mol. The molecular weight excluding hydrogens is 162 g/mol. The van der Waals surface area contributed by atoms with Crippen molar-refractivity contribution < 1.29 is 0 Å². The zero-order chi connectivity index (χ0) is 7.56. The molecule has 1 aromatic rings. The second-order valence-corrected chi connectivity index (χ2v) is 2.23. The lowest BCUT2D eigenvalue weighted by Gasteiger charge is -2.00. The Labute approximate surface area is 72.5 Å². The van der Waals surface area contributed by atoms with Crippen molar-refractivity contribution >= 4 is 12.4 Å². The van der Waals surface area contributed by atoms with E-state index in [1.807, 2.05) is 13.8 Å². The number of aryl methyl sites for hydroxylation is 2. The zero-order valence-electron chi connectivity index (χ0n) is 6.66. The molecule has 1 rings (SSSR count). The molecule has 0 aliphatic carbocycles. The van der Waals surface area contributed by atoms with Crippen LogP contribution in [0.15, 0.2) is 6.20 Å². The molecule has 2 N–H and O–H groups in total. The Kier molecular flexibility index (Phi) is 4.00. The second kappa shape index (κ2) is 4.26. The number of rotatable bonds is 1. The Morgan fingerprint density at radius 2 is 2.09 bits per heavy atom. The largest absolute Gasteiger partial charge is 0.326 e. The van der Waals surface area contributed by atoms with Crippen LogP contribution in [0.4, 0.5) is 0 Å². The summed E-state index contributed by atoms with van der Waals surface area (Å²) >= 11 is 0. The lowest BCUT2D eigenvalue weighted by atomic mass is 10.2. The van der Waals surface area contributed by atoms with E-state index >= 15 is 0 Å². The highest BCUT2D eigenvalue weighted by molar-refractivity contribution is 5.85. The van der Waals surface area contributed by atoms with Crippen LogP contribution in [-0.2, 0) is 6.54 Å². The number of hydrogen-bond donors (Lipinski definition) is 1. The van der Waals surface area contributed by atoms with E-state index in [1.165, 1.54) is 0 Å². The number of halogens is 1. The van der Waals surface area contributed by atoms with Gasteiger partial charge in [-0.15, -0.1) is 12.4 Å². The normalized spacial score (nSPS) is 9.00. The average Bonchev–Trinajstić information content (AvgIpc) is 1.88. The van der Waals surface area contributed by atoms with E-state index in [4.69, 9.17) is 5.73 Å². The molecule has 0 radical (unpaired) electrons. The van der Waals surface area contributed by atoms with Crippen molar-refractivity contribution in [1.82, 2.24) is 9.97 Å². The summed E-state index contributed by atoms with van der Waals surface area (Å²) in [5.41, 5.74) is 7.42. The summed E-state index contributed by atoms with van der Waals surface area (Å²) in [5.74, 6) is 0.801. The van der Waals surface area contributed by atoms with Crippen LogP contribution in [0.5, 0.6) is 0 Å². The number of hydrogen-bond acceptors (Lipinski definition) is 3. The molecule has 0 aromatic carbocycles. The standard InChI is InChI=1S/C7H11N3.ClH/c1-5-7(3-8)4-9-6(2)10-5;/h4H,3,8H2,1-2H3;1H. The summed E-state index contributed by atoms with van der Waals surface area (Å²) in [7, 11) is 0. The van der Waals surface area contributed by atoms with Crippen molar-refractivity contribution in [2.75, 3.05) is 0 Å². The van der Waals surface area contributed by atoms with Gasteiger partial charge in [0, 0.05) is 24.0 Å². The smallest absolute Gasteiger partial charge is 0.125 e. The SMILES string of the molecule is Cc1ncc(CN)c(C)n1.Cl. The fourth-order valence-electron chi connectivity index (χ4n) is 0.809. The first-order valence-corrected chi connectivity index (χ1v) is 3.23. The van der Waals surface area contributed by atoms with E-state index in [-0.39, 0.29) is 12.4 Å². The topological polar surface area (TPSA) is 51.8 Å². The Hall–Kier alpha value is -0.670. The molecule has 1 aromatic heterocycles. The first-order valence-electron chi connectivity index (χ1n) is 3.23. The molecule has 0 atom stereocenters. The van der Waals surface area contributed by atoms with E-state index in [0.29, 0.717) is 6.54 Å². The zero-order valence-corrected chi connectivity index (χ0v) is 7.48. The van der Waals surface area contributed by atoms with Crippen molar-refractivity contribution in [3.8, 4) is 0 Å². The summed E-state index contributed by atoms with van der Waals surface area (Å²) in [4.78, 5) is 8.17.